The lowest BCUT2D eigenvalue weighted by molar-refractivity contribution is 0.112. The van der Waals surface area contributed by atoms with Crippen LogP contribution in [-0.2, 0) is 0 Å². The Balaban J connectivity index is 2.69. The van der Waals surface area contributed by atoms with E-state index in [2.05, 4.69) is 5.10 Å². The molecule has 0 amide bonds. The second-order valence-electron chi connectivity index (χ2n) is 3.70. The number of aromatic nitrogens is 2. The van der Waals surface area contributed by atoms with E-state index in [1.807, 2.05) is 19.1 Å². The van der Waals surface area contributed by atoms with Crippen molar-refractivity contribution in [3.63, 3.8) is 0 Å². The fraction of sp³-hybridized carbons (Fsp3) is 0.167. The third-order valence-corrected chi connectivity index (χ3v) is 3.41. The Hall–Kier alpha value is -1.32. The van der Waals surface area contributed by atoms with Gasteiger partial charge in [0, 0.05) is 5.02 Å². The zero-order valence-electron chi connectivity index (χ0n) is 9.37. The molecule has 0 aliphatic carbocycles. The number of benzene rings is 1. The highest BCUT2D eigenvalue weighted by molar-refractivity contribution is 6.33. The molecule has 1 heterocycles. The van der Waals surface area contributed by atoms with Gasteiger partial charge >= 0.3 is 0 Å². The van der Waals surface area contributed by atoms with Gasteiger partial charge in [-0.05, 0) is 31.5 Å². The molecule has 0 radical (unpaired) electrons. The smallest absolute Gasteiger partial charge is 0.155 e. The van der Waals surface area contributed by atoms with Gasteiger partial charge in [-0.3, -0.25) is 4.79 Å². The molecule has 5 heteroatoms. The highest BCUT2D eigenvalue weighted by Crippen LogP contribution is 2.27. The Kier molecular flexibility index (Phi) is 3.22. The molecule has 0 saturated carbocycles. The number of rotatable bonds is 2. The van der Waals surface area contributed by atoms with Crippen LogP contribution in [0, 0.1) is 13.8 Å². The van der Waals surface area contributed by atoms with Crippen LogP contribution in [0.2, 0.25) is 10.2 Å². The molecule has 0 aliphatic rings. The van der Waals surface area contributed by atoms with Gasteiger partial charge in [0.15, 0.2) is 6.29 Å². The van der Waals surface area contributed by atoms with E-state index in [1.165, 1.54) is 4.68 Å². The third-order valence-electron chi connectivity index (χ3n) is 2.63. The van der Waals surface area contributed by atoms with Crippen LogP contribution in [-0.4, -0.2) is 16.1 Å². The van der Waals surface area contributed by atoms with Gasteiger partial charge in [0.2, 0.25) is 0 Å². The molecule has 3 nitrogen and oxygen atoms in total. The maximum Gasteiger partial charge on any atom is 0.155 e. The molecule has 0 fully saturated rings. The van der Waals surface area contributed by atoms with Crippen molar-refractivity contribution in [3.05, 3.63) is 45.2 Å². The number of aryl methyl sites for hydroxylation is 1. The summed E-state index contributed by atoms with van der Waals surface area (Å²) in [5.41, 5.74) is 2.66. The third kappa shape index (κ3) is 1.96. The number of nitrogens with zero attached hydrogens (tertiary/aromatic N) is 2. The number of halogens is 2. The quantitative estimate of drug-likeness (QED) is 0.780. The van der Waals surface area contributed by atoms with E-state index in [-0.39, 0.29) is 0 Å². The first-order valence-electron chi connectivity index (χ1n) is 5.02. The minimum atomic E-state index is 0.308. The second kappa shape index (κ2) is 4.51. The molecule has 0 atom stereocenters. The van der Waals surface area contributed by atoms with E-state index in [1.54, 1.807) is 13.0 Å². The first-order chi connectivity index (χ1) is 8.06. The average molecular weight is 269 g/mol. The number of carbonyl (C=O) groups is 1. The summed E-state index contributed by atoms with van der Waals surface area (Å²) in [6.07, 6.45) is 0.709. The fourth-order valence-corrected chi connectivity index (χ4v) is 2.11. The van der Waals surface area contributed by atoms with Crippen molar-refractivity contribution in [1.82, 2.24) is 9.78 Å². The zero-order valence-corrected chi connectivity index (χ0v) is 10.9. The Morgan fingerprint density at radius 3 is 2.59 bits per heavy atom. The van der Waals surface area contributed by atoms with Crippen LogP contribution < -0.4 is 0 Å². The van der Waals surface area contributed by atoms with Crippen LogP contribution in [0.25, 0.3) is 5.69 Å². The van der Waals surface area contributed by atoms with E-state index in [9.17, 15) is 4.79 Å². The molecule has 2 aromatic rings. The molecule has 0 bridgehead atoms. The number of hydrogen-bond acceptors (Lipinski definition) is 2. The number of hydrogen-bond donors (Lipinski definition) is 0. The summed E-state index contributed by atoms with van der Waals surface area (Å²) in [4.78, 5) is 10.9. The summed E-state index contributed by atoms with van der Waals surface area (Å²) < 4.78 is 1.53. The topological polar surface area (TPSA) is 34.9 Å². The minimum absolute atomic E-state index is 0.308. The highest BCUT2D eigenvalue weighted by Gasteiger charge is 2.15. The molecule has 2 rings (SSSR count). The molecule has 1 aromatic carbocycles. The summed E-state index contributed by atoms with van der Waals surface area (Å²) >= 11 is 12.2. The van der Waals surface area contributed by atoms with Crippen molar-refractivity contribution in [1.29, 1.82) is 0 Å². The number of aldehydes is 1. The van der Waals surface area contributed by atoms with E-state index in [0.717, 1.165) is 11.3 Å². The molecule has 0 saturated heterocycles. The fourth-order valence-electron chi connectivity index (χ4n) is 1.63. The normalized spacial score (nSPS) is 10.6. The van der Waals surface area contributed by atoms with Crippen molar-refractivity contribution in [2.24, 2.45) is 0 Å². The lowest BCUT2D eigenvalue weighted by atomic mass is 10.2. The van der Waals surface area contributed by atoms with Gasteiger partial charge in [-0.1, -0.05) is 29.3 Å². The van der Waals surface area contributed by atoms with Crippen molar-refractivity contribution in [3.8, 4) is 5.69 Å². The van der Waals surface area contributed by atoms with Gasteiger partial charge in [0.1, 0.15) is 5.15 Å². The van der Waals surface area contributed by atoms with Crippen LogP contribution in [0.1, 0.15) is 21.6 Å². The van der Waals surface area contributed by atoms with Gasteiger partial charge in [-0.2, -0.15) is 5.10 Å². The van der Waals surface area contributed by atoms with Crippen LogP contribution in [0.5, 0.6) is 0 Å². The molecule has 0 spiro atoms. The van der Waals surface area contributed by atoms with Crippen LogP contribution in [0.4, 0.5) is 0 Å². The van der Waals surface area contributed by atoms with Gasteiger partial charge < -0.3 is 0 Å². The predicted molar refractivity (Wildman–Crippen MR) is 68.4 cm³/mol. The molecular weight excluding hydrogens is 259 g/mol. The zero-order chi connectivity index (χ0) is 12.6. The molecule has 1 aromatic heterocycles. The monoisotopic (exact) mass is 268 g/mol. The Morgan fingerprint density at radius 1 is 1.29 bits per heavy atom. The predicted octanol–water partition coefficient (Wildman–Crippen LogP) is 3.61. The lowest BCUT2D eigenvalue weighted by Gasteiger charge is -2.08. The van der Waals surface area contributed by atoms with Gasteiger partial charge in [-0.25, -0.2) is 4.68 Å². The maximum absolute atomic E-state index is 10.9. The standard InChI is InChI=1S/C12H10Cl2N2O/c1-7-10(13)4-3-5-11(7)16-12(14)9(6-17)8(2)15-16/h3-6H,1-2H3. The Labute approximate surface area is 109 Å². The lowest BCUT2D eigenvalue weighted by Crippen LogP contribution is -1.99. The molecular formula is C12H10Cl2N2O. The SMILES string of the molecule is Cc1nn(-c2cccc(Cl)c2C)c(Cl)c1C=O. The van der Waals surface area contributed by atoms with Crippen molar-refractivity contribution in [2.45, 2.75) is 13.8 Å². The minimum Gasteiger partial charge on any atom is -0.298 e. The molecule has 88 valence electrons. The second-order valence-corrected chi connectivity index (χ2v) is 4.47. The van der Waals surface area contributed by atoms with Crippen LogP contribution in [0.15, 0.2) is 18.2 Å². The van der Waals surface area contributed by atoms with Gasteiger partial charge in [0.25, 0.3) is 0 Å². The summed E-state index contributed by atoms with van der Waals surface area (Å²) in [5, 5.41) is 5.19. The first kappa shape index (κ1) is 12.1. The van der Waals surface area contributed by atoms with Crippen LogP contribution >= 0.6 is 23.2 Å². The summed E-state index contributed by atoms with van der Waals surface area (Å²) in [7, 11) is 0. The summed E-state index contributed by atoms with van der Waals surface area (Å²) in [6, 6.07) is 5.47. The van der Waals surface area contributed by atoms with E-state index in [4.69, 9.17) is 23.2 Å². The summed E-state index contributed by atoms with van der Waals surface area (Å²) in [6.45, 7) is 3.62. The Bertz CT molecular complexity index is 590. The largest absolute Gasteiger partial charge is 0.298 e. The van der Waals surface area contributed by atoms with Gasteiger partial charge in [-0.15, -0.1) is 0 Å². The summed E-state index contributed by atoms with van der Waals surface area (Å²) in [5.74, 6) is 0. The number of carbonyl (C=O) groups excluding carboxylic acids is 1. The van der Waals surface area contributed by atoms with Gasteiger partial charge in [0.05, 0.1) is 16.9 Å². The highest BCUT2D eigenvalue weighted by atomic mass is 35.5. The average Bonchev–Trinajstić information content (AvgIpc) is 2.58. The van der Waals surface area contributed by atoms with E-state index in [0.29, 0.717) is 27.7 Å². The van der Waals surface area contributed by atoms with Crippen molar-refractivity contribution in [2.75, 3.05) is 0 Å². The Morgan fingerprint density at radius 2 is 2.00 bits per heavy atom. The molecule has 0 N–H and O–H groups in total. The van der Waals surface area contributed by atoms with E-state index >= 15 is 0 Å². The van der Waals surface area contributed by atoms with Crippen molar-refractivity contribution < 1.29 is 4.79 Å². The molecule has 0 aliphatic heterocycles. The molecule has 17 heavy (non-hydrogen) atoms. The molecule has 0 unspecified atom stereocenters. The van der Waals surface area contributed by atoms with E-state index < -0.39 is 0 Å². The first-order valence-corrected chi connectivity index (χ1v) is 5.77. The maximum atomic E-state index is 10.9. The van der Waals surface area contributed by atoms with Crippen molar-refractivity contribution >= 4 is 29.5 Å². The van der Waals surface area contributed by atoms with Crippen LogP contribution in [0.3, 0.4) is 0 Å².